The van der Waals surface area contributed by atoms with Crippen LogP contribution in [0.25, 0.3) is 5.57 Å². The molecule has 0 amide bonds. The number of hydrogen-bond donors (Lipinski definition) is 1. The van der Waals surface area contributed by atoms with E-state index in [4.69, 9.17) is 4.74 Å². The van der Waals surface area contributed by atoms with Gasteiger partial charge in [-0.15, -0.1) is 0 Å². The second kappa shape index (κ2) is 7.36. The molecule has 3 nitrogen and oxygen atoms in total. The van der Waals surface area contributed by atoms with Crippen molar-refractivity contribution >= 4 is 11.5 Å². The number of hydrogen-bond acceptors (Lipinski definition) is 3. The summed E-state index contributed by atoms with van der Waals surface area (Å²) in [6.45, 7) is 6.67. The summed E-state index contributed by atoms with van der Waals surface area (Å²) in [4.78, 5) is 11.6. The molecule has 3 unspecified atom stereocenters. The van der Waals surface area contributed by atoms with Crippen LogP contribution in [0.1, 0.15) is 52.0 Å². The molecule has 3 rings (SSSR count). The van der Waals surface area contributed by atoms with Crippen molar-refractivity contribution < 1.29 is 19.0 Å². The molecule has 0 spiro atoms. The van der Waals surface area contributed by atoms with Crippen LogP contribution in [0.5, 0.6) is 0 Å². The Hall–Kier alpha value is -1.94. The molecule has 2 aliphatic rings. The van der Waals surface area contributed by atoms with E-state index in [-0.39, 0.29) is 23.6 Å². The number of cyclic esters (lactones) is 1. The Morgan fingerprint density at radius 3 is 2.58 bits per heavy atom. The monoisotopic (exact) mass is 358 g/mol. The minimum absolute atomic E-state index is 0.0216. The summed E-state index contributed by atoms with van der Waals surface area (Å²) in [5.74, 6) is -0.0937. The van der Waals surface area contributed by atoms with E-state index in [2.05, 4.69) is 20.8 Å². The Morgan fingerprint density at radius 1 is 1.27 bits per heavy atom. The van der Waals surface area contributed by atoms with Crippen molar-refractivity contribution in [3.8, 4) is 0 Å². The molecule has 140 valence electrons. The SMILES string of the molecule is CCC1CC(c2ccc(F)cc2)=C(C=CC2CC(O)CC(=O)O2)C1(C)C. The van der Waals surface area contributed by atoms with Gasteiger partial charge in [0, 0.05) is 6.42 Å². The molecule has 1 N–H and O–H groups in total. The Kier molecular flexibility index (Phi) is 5.33. The maximum atomic E-state index is 13.3. The average Bonchev–Trinajstić information content (AvgIpc) is 2.83. The van der Waals surface area contributed by atoms with Crippen LogP contribution in [0.4, 0.5) is 4.39 Å². The number of halogens is 1. The highest BCUT2D eigenvalue weighted by atomic mass is 19.1. The molecule has 4 heteroatoms. The van der Waals surface area contributed by atoms with Crippen molar-refractivity contribution in [3.05, 3.63) is 53.4 Å². The number of benzene rings is 1. The average molecular weight is 358 g/mol. The fraction of sp³-hybridized carbons (Fsp3) is 0.500. The molecule has 3 atom stereocenters. The van der Waals surface area contributed by atoms with Crippen LogP contribution < -0.4 is 0 Å². The number of allylic oxidation sites excluding steroid dienone is 3. The zero-order valence-corrected chi connectivity index (χ0v) is 15.7. The van der Waals surface area contributed by atoms with E-state index in [1.165, 1.54) is 23.3 Å². The lowest BCUT2D eigenvalue weighted by molar-refractivity contribution is -0.156. The van der Waals surface area contributed by atoms with Crippen molar-refractivity contribution in [1.29, 1.82) is 0 Å². The summed E-state index contributed by atoms with van der Waals surface area (Å²) >= 11 is 0. The van der Waals surface area contributed by atoms with Crippen LogP contribution in [-0.2, 0) is 9.53 Å². The van der Waals surface area contributed by atoms with Gasteiger partial charge in [-0.2, -0.15) is 0 Å². The molecule has 1 fully saturated rings. The van der Waals surface area contributed by atoms with Gasteiger partial charge < -0.3 is 9.84 Å². The van der Waals surface area contributed by atoms with Gasteiger partial charge in [-0.05, 0) is 52.7 Å². The molecular formula is C22H27FO3. The molecule has 0 bridgehead atoms. The van der Waals surface area contributed by atoms with Crippen molar-refractivity contribution in [3.63, 3.8) is 0 Å². The number of ether oxygens (including phenoxy) is 1. The Balaban J connectivity index is 1.94. The zero-order chi connectivity index (χ0) is 18.9. The van der Waals surface area contributed by atoms with Gasteiger partial charge in [0.1, 0.15) is 11.9 Å². The van der Waals surface area contributed by atoms with Gasteiger partial charge in [-0.25, -0.2) is 4.39 Å². The first-order valence-electron chi connectivity index (χ1n) is 9.36. The minimum Gasteiger partial charge on any atom is -0.458 e. The molecule has 1 aromatic carbocycles. The standard InChI is InChI=1S/C22H27FO3/c1-4-15-11-19(14-5-7-16(23)8-6-14)20(22(15,2)3)10-9-18-12-17(24)13-21(25)26-18/h5-10,15,17-18,24H,4,11-13H2,1-3H3. The lowest BCUT2D eigenvalue weighted by atomic mass is 9.76. The molecule has 0 saturated carbocycles. The van der Waals surface area contributed by atoms with Crippen molar-refractivity contribution in [1.82, 2.24) is 0 Å². The van der Waals surface area contributed by atoms with Gasteiger partial charge in [0.15, 0.2) is 0 Å². The highest BCUT2D eigenvalue weighted by molar-refractivity contribution is 5.75. The maximum Gasteiger partial charge on any atom is 0.309 e. The highest BCUT2D eigenvalue weighted by Crippen LogP contribution is 2.52. The Labute approximate surface area is 154 Å². The van der Waals surface area contributed by atoms with E-state index in [9.17, 15) is 14.3 Å². The van der Waals surface area contributed by atoms with E-state index in [0.717, 1.165) is 18.4 Å². The van der Waals surface area contributed by atoms with E-state index < -0.39 is 12.2 Å². The molecule has 1 aliphatic carbocycles. The fourth-order valence-electron chi connectivity index (χ4n) is 4.25. The van der Waals surface area contributed by atoms with E-state index >= 15 is 0 Å². The summed E-state index contributed by atoms with van der Waals surface area (Å²) in [6.07, 6.45) is 5.40. The second-order valence-corrected chi connectivity index (χ2v) is 7.91. The first-order valence-corrected chi connectivity index (χ1v) is 9.36. The predicted molar refractivity (Wildman–Crippen MR) is 99.8 cm³/mol. The molecule has 1 aromatic rings. The summed E-state index contributed by atoms with van der Waals surface area (Å²) in [5, 5.41) is 9.80. The molecule has 1 aliphatic heterocycles. The topological polar surface area (TPSA) is 46.5 Å². The third-order valence-corrected chi connectivity index (χ3v) is 5.84. The fourth-order valence-corrected chi connectivity index (χ4v) is 4.25. The van der Waals surface area contributed by atoms with Crippen LogP contribution in [0.3, 0.4) is 0 Å². The molecule has 1 heterocycles. The highest BCUT2D eigenvalue weighted by Gasteiger charge is 2.39. The van der Waals surface area contributed by atoms with E-state index in [1.54, 1.807) is 0 Å². The predicted octanol–water partition coefficient (Wildman–Crippen LogP) is 4.66. The van der Waals surface area contributed by atoms with Gasteiger partial charge in [0.2, 0.25) is 0 Å². The summed E-state index contributed by atoms with van der Waals surface area (Å²) < 4.78 is 18.7. The van der Waals surface area contributed by atoms with Crippen LogP contribution in [-0.4, -0.2) is 23.3 Å². The lowest BCUT2D eigenvalue weighted by Gasteiger charge is -2.29. The minimum atomic E-state index is -0.642. The van der Waals surface area contributed by atoms with Crippen molar-refractivity contribution in [2.24, 2.45) is 11.3 Å². The number of aliphatic hydroxyl groups excluding tert-OH is 1. The number of rotatable bonds is 4. The number of carbonyl (C=O) groups excluding carboxylic acids is 1. The van der Waals surface area contributed by atoms with Crippen LogP contribution in [0, 0.1) is 17.2 Å². The summed E-state index contributed by atoms with van der Waals surface area (Å²) in [7, 11) is 0. The molecule has 0 aromatic heterocycles. The van der Waals surface area contributed by atoms with Crippen molar-refractivity contribution in [2.45, 2.75) is 58.7 Å². The maximum absolute atomic E-state index is 13.3. The van der Waals surface area contributed by atoms with Gasteiger partial charge in [-0.3, -0.25) is 4.79 Å². The molecule has 0 radical (unpaired) electrons. The van der Waals surface area contributed by atoms with E-state index in [0.29, 0.717) is 12.3 Å². The van der Waals surface area contributed by atoms with Crippen LogP contribution in [0.2, 0.25) is 0 Å². The number of esters is 1. The molecule has 26 heavy (non-hydrogen) atoms. The van der Waals surface area contributed by atoms with Gasteiger partial charge in [-0.1, -0.05) is 45.4 Å². The Morgan fingerprint density at radius 2 is 1.96 bits per heavy atom. The molecule has 1 saturated heterocycles. The summed E-state index contributed by atoms with van der Waals surface area (Å²) in [6, 6.07) is 6.65. The van der Waals surface area contributed by atoms with E-state index in [1.807, 2.05) is 24.3 Å². The zero-order valence-electron chi connectivity index (χ0n) is 15.7. The van der Waals surface area contributed by atoms with Crippen LogP contribution >= 0.6 is 0 Å². The molecular weight excluding hydrogens is 331 g/mol. The lowest BCUT2D eigenvalue weighted by Crippen LogP contribution is -2.31. The summed E-state index contributed by atoms with van der Waals surface area (Å²) in [5.41, 5.74) is 3.44. The largest absolute Gasteiger partial charge is 0.458 e. The second-order valence-electron chi connectivity index (χ2n) is 7.91. The Bertz CT molecular complexity index is 730. The first kappa shape index (κ1) is 18.8. The third kappa shape index (κ3) is 3.75. The quantitative estimate of drug-likeness (QED) is 0.797. The first-order chi connectivity index (χ1) is 12.3. The van der Waals surface area contributed by atoms with Gasteiger partial charge >= 0.3 is 5.97 Å². The smallest absolute Gasteiger partial charge is 0.309 e. The number of carbonyl (C=O) groups is 1. The number of aliphatic hydroxyl groups is 1. The third-order valence-electron chi connectivity index (χ3n) is 5.84. The van der Waals surface area contributed by atoms with Gasteiger partial charge in [0.25, 0.3) is 0 Å². The van der Waals surface area contributed by atoms with Gasteiger partial charge in [0.05, 0.1) is 12.5 Å². The van der Waals surface area contributed by atoms with Crippen molar-refractivity contribution in [2.75, 3.05) is 0 Å². The van der Waals surface area contributed by atoms with Crippen LogP contribution in [0.15, 0.2) is 42.0 Å². The normalized spacial score (nSPS) is 28.7.